The van der Waals surface area contributed by atoms with Crippen molar-refractivity contribution in [1.82, 2.24) is 4.98 Å². The van der Waals surface area contributed by atoms with Crippen LogP contribution in [0.15, 0.2) is 24.3 Å². The summed E-state index contributed by atoms with van der Waals surface area (Å²) in [6.07, 6.45) is -4.54. The average molecular weight is 283 g/mol. The fourth-order valence-electron chi connectivity index (χ4n) is 1.82. The molecule has 0 saturated carbocycles. The molecule has 0 unspecified atom stereocenters. The summed E-state index contributed by atoms with van der Waals surface area (Å²) in [4.78, 5) is 15.9. The number of halogens is 3. The SMILES string of the molecule is Cc1ccc2nc(C)c(C(=O)OCC(F)(F)F)cc2c1. The van der Waals surface area contributed by atoms with E-state index in [1.54, 1.807) is 13.0 Å². The number of carbonyl (C=O) groups is 1. The predicted octanol–water partition coefficient (Wildman–Crippen LogP) is 3.57. The molecule has 2 aromatic rings. The lowest BCUT2D eigenvalue weighted by atomic mass is 10.1. The van der Waals surface area contributed by atoms with Gasteiger partial charge in [-0.3, -0.25) is 4.98 Å². The van der Waals surface area contributed by atoms with Crippen LogP contribution < -0.4 is 0 Å². The zero-order chi connectivity index (χ0) is 14.9. The summed E-state index contributed by atoms with van der Waals surface area (Å²) in [5.41, 5.74) is 2.04. The molecule has 0 amide bonds. The quantitative estimate of drug-likeness (QED) is 0.791. The first-order valence-corrected chi connectivity index (χ1v) is 5.88. The summed E-state index contributed by atoms with van der Waals surface area (Å²) < 4.78 is 40.4. The molecule has 0 aliphatic carbocycles. The third-order valence-electron chi connectivity index (χ3n) is 2.75. The highest BCUT2D eigenvalue weighted by Crippen LogP contribution is 2.20. The molecule has 3 nitrogen and oxygen atoms in total. The molecule has 20 heavy (non-hydrogen) atoms. The second-order valence-corrected chi connectivity index (χ2v) is 4.51. The van der Waals surface area contributed by atoms with Crippen LogP contribution in [0, 0.1) is 13.8 Å². The molecular weight excluding hydrogens is 271 g/mol. The van der Waals surface area contributed by atoms with Crippen molar-refractivity contribution in [2.45, 2.75) is 20.0 Å². The molecule has 6 heteroatoms. The Hall–Kier alpha value is -2.11. The van der Waals surface area contributed by atoms with Crippen LogP contribution in [-0.2, 0) is 4.74 Å². The van der Waals surface area contributed by atoms with Crippen molar-refractivity contribution in [1.29, 1.82) is 0 Å². The lowest BCUT2D eigenvalue weighted by Crippen LogP contribution is -2.21. The Morgan fingerprint density at radius 1 is 1.25 bits per heavy atom. The van der Waals surface area contributed by atoms with Gasteiger partial charge in [-0.2, -0.15) is 13.2 Å². The molecule has 0 bridgehead atoms. The van der Waals surface area contributed by atoms with Gasteiger partial charge in [0.15, 0.2) is 6.61 Å². The number of nitrogens with zero attached hydrogens (tertiary/aromatic N) is 1. The number of hydrogen-bond acceptors (Lipinski definition) is 3. The smallest absolute Gasteiger partial charge is 0.422 e. The summed E-state index contributed by atoms with van der Waals surface area (Å²) in [7, 11) is 0. The first kappa shape index (κ1) is 14.3. The number of hydrogen-bond donors (Lipinski definition) is 0. The van der Waals surface area contributed by atoms with E-state index in [0.717, 1.165) is 5.56 Å². The van der Waals surface area contributed by atoms with Gasteiger partial charge in [0.05, 0.1) is 16.8 Å². The summed E-state index contributed by atoms with van der Waals surface area (Å²) >= 11 is 0. The Bertz CT molecular complexity index is 665. The fourth-order valence-corrected chi connectivity index (χ4v) is 1.82. The summed E-state index contributed by atoms with van der Waals surface area (Å²) in [6, 6.07) is 6.98. The molecule has 0 radical (unpaired) electrons. The van der Waals surface area contributed by atoms with Gasteiger partial charge in [0.1, 0.15) is 0 Å². The van der Waals surface area contributed by atoms with E-state index in [1.807, 2.05) is 19.1 Å². The molecule has 1 aromatic carbocycles. The number of rotatable bonds is 2. The maximum Gasteiger partial charge on any atom is 0.422 e. The normalized spacial score (nSPS) is 11.7. The van der Waals surface area contributed by atoms with Crippen molar-refractivity contribution in [3.63, 3.8) is 0 Å². The Morgan fingerprint density at radius 2 is 1.95 bits per heavy atom. The number of benzene rings is 1. The van der Waals surface area contributed by atoms with Gasteiger partial charge in [-0.15, -0.1) is 0 Å². The number of carbonyl (C=O) groups excluding carboxylic acids is 1. The topological polar surface area (TPSA) is 39.2 Å². The van der Waals surface area contributed by atoms with Crippen molar-refractivity contribution in [3.05, 3.63) is 41.1 Å². The highest BCUT2D eigenvalue weighted by atomic mass is 19.4. The van der Waals surface area contributed by atoms with Gasteiger partial charge >= 0.3 is 12.1 Å². The summed E-state index contributed by atoms with van der Waals surface area (Å²) in [5.74, 6) is -1.02. The number of aromatic nitrogens is 1. The highest BCUT2D eigenvalue weighted by Gasteiger charge is 2.30. The van der Waals surface area contributed by atoms with Crippen LogP contribution >= 0.6 is 0 Å². The first-order valence-electron chi connectivity index (χ1n) is 5.88. The number of pyridine rings is 1. The molecule has 0 saturated heterocycles. The average Bonchev–Trinajstić information content (AvgIpc) is 2.35. The van der Waals surface area contributed by atoms with Crippen LogP contribution in [0.3, 0.4) is 0 Å². The maximum absolute atomic E-state index is 12.0. The van der Waals surface area contributed by atoms with Gasteiger partial charge in [0, 0.05) is 5.39 Å². The Morgan fingerprint density at radius 3 is 2.60 bits per heavy atom. The minimum atomic E-state index is -4.54. The lowest BCUT2D eigenvalue weighted by Gasteiger charge is -2.10. The zero-order valence-electron chi connectivity index (χ0n) is 10.9. The second kappa shape index (κ2) is 5.11. The van der Waals surface area contributed by atoms with Crippen LogP contribution in [0.5, 0.6) is 0 Å². The number of ether oxygens (including phenoxy) is 1. The van der Waals surface area contributed by atoms with Crippen LogP contribution in [-0.4, -0.2) is 23.7 Å². The summed E-state index contributed by atoms with van der Waals surface area (Å²) in [6.45, 7) is 1.83. The molecule has 1 heterocycles. The van der Waals surface area contributed by atoms with E-state index in [1.165, 1.54) is 6.07 Å². The Kier molecular flexibility index (Phi) is 3.65. The van der Waals surface area contributed by atoms with Gasteiger partial charge < -0.3 is 4.74 Å². The van der Waals surface area contributed by atoms with Crippen LogP contribution in [0.25, 0.3) is 10.9 Å². The van der Waals surface area contributed by atoms with Gasteiger partial charge in [0.25, 0.3) is 0 Å². The Labute approximate surface area is 113 Å². The Balaban J connectivity index is 2.33. The molecule has 0 N–H and O–H groups in total. The minimum Gasteiger partial charge on any atom is -0.452 e. The van der Waals surface area contributed by atoms with Gasteiger partial charge in [0.2, 0.25) is 0 Å². The number of aryl methyl sites for hydroxylation is 2. The van der Waals surface area contributed by atoms with Crippen LogP contribution in [0.4, 0.5) is 13.2 Å². The largest absolute Gasteiger partial charge is 0.452 e. The van der Waals surface area contributed by atoms with Crippen molar-refractivity contribution >= 4 is 16.9 Å². The molecule has 0 atom stereocenters. The minimum absolute atomic E-state index is 0.0485. The molecular formula is C14H12F3NO2. The standard InChI is InChI=1S/C14H12F3NO2/c1-8-3-4-12-10(5-8)6-11(9(2)18-12)13(19)20-7-14(15,16)17/h3-6H,7H2,1-2H3. The second-order valence-electron chi connectivity index (χ2n) is 4.51. The lowest BCUT2D eigenvalue weighted by molar-refractivity contribution is -0.161. The van der Waals surface area contributed by atoms with Crippen molar-refractivity contribution in [2.75, 3.05) is 6.61 Å². The number of fused-ring (bicyclic) bond motifs is 1. The van der Waals surface area contributed by atoms with Gasteiger partial charge in [-0.05, 0) is 32.0 Å². The summed E-state index contributed by atoms with van der Waals surface area (Å²) in [5, 5.41) is 0.689. The molecule has 106 valence electrons. The number of esters is 1. The number of alkyl halides is 3. The third kappa shape index (κ3) is 3.26. The van der Waals surface area contributed by atoms with Crippen LogP contribution in [0.2, 0.25) is 0 Å². The van der Waals surface area contributed by atoms with Crippen molar-refractivity contribution in [2.24, 2.45) is 0 Å². The van der Waals surface area contributed by atoms with E-state index in [0.29, 0.717) is 16.6 Å². The van der Waals surface area contributed by atoms with Crippen LogP contribution in [0.1, 0.15) is 21.6 Å². The molecule has 2 rings (SSSR count). The van der Waals surface area contributed by atoms with E-state index >= 15 is 0 Å². The van der Waals surface area contributed by atoms with Gasteiger partial charge in [-0.25, -0.2) is 4.79 Å². The first-order chi connectivity index (χ1) is 9.26. The van der Waals surface area contributed by atoms with Gasteiger partial charge in [-0.1, -0.05) is 11.6 Å². The van der Waals surface area contributed by atoms with Crippen molar-refractivity contribution < 1.29 is 22.7 Å². The highest BCUT2D eigenvalue weighted by molar-refractivity contribution is 5.95. The third-order valence-corrected chi connectivity index (χ3v) is 2.75. The molecule has 0 spiro atoms. The maximum atomic E-state index is 12.0. The van der Waals surface area contributed by atoms with Crippen molar-refractivity contribution in [3.8, 4) is 0 Å². The zero-order valence-corrected chi connectivity index (χ0v) is 10.9. The van der Waals surface area contributed by atoms with E-state index in [2.05, 4.69) is 9.72 Å². The molecule has 0 fully saturated rings. The predicted molar refractivity (Wildman–Crippen MR) is 67.6 cm³/mol. The van der Waals surface area contributed by atoms with E-state index in [-0.39, 0.29) is 5.56 Å². The molecule has 1 aromatic heterocycles. The molecule has 0 aliphatic heterocycles. The monoisotopic (exact) mass is 283 g/mol. The fraction of sp³-hybridized carbons (Fsp3) is 0.286. The van der Waals surface area contributed by atoms with E-state index in [4.69, 9.17) is 0 Å². The molecule has 0 aliphatic rings. The van der Waals surface area contributed by atoms with E-state index in [9.17, 15) is 18.0 Å². The van der Waals surface area contributed by atoms with E-state index < -0.39 is 18.8 Å².